The molecule has 0 saturated carbocycles. The number of nitrogens with zero attached hydrogens (tertiary/aromatic N) is 2. The van der Waals surface area contributed by atoms with Crippen LogP contribution in [0.3, 0.4) is 0 Å². The van der Waals surface area contributed by atoms with Crippen LogP contribution in [0.4, 0.5) is 5.69 Å². The Balaban J connectivity index is 1.81. The van der Waals surface area contributed by atoms with Gasteiger partial charge in [0.1, 0.15) is 0 Å². The summed E-state index contributed by atoms with van der Waals surface area (Å²) in [6.45, 7) is 11.0. The Morgan fingerprint density at radius 1 is 1.20 bits per heavy atom. The zero-order chi connectivity index (χ0) is 21.3. The Hall–Kier alpha value is -2.70. The molecule has 3 aromatic rings. The van der Waals surface area contributed by atoms with E-state index in [1.807, 2.05) is 51.2 Å². The largest absolute Gasteiger partial charge is 0.379 e. The minimum absolute atomic E-state index is 0.00473. The van der Waals surface area contributed by atoms with Crippen LogP contribution in [0, 0.1) is 12.3 Å². The molecule has 158 valence electrons. The van der Waals surface area contributed by atoms with Crippen molar-refractivity contribution >= 4 is 22.5 Å². The summed E-state index contributed by atoms with van der Waals surface area (Å²) in [5.74, 6) is 0.00473. The maximum Gasteiger partial charge on any atom is 0.229 e. The molecule has 6 heteroatoms. The number of fused-ring (bicyclic) bond motifs is 1. The van der Waals surface area contributed by atoms with E-state index in [1.54, 1.807) is 0 Å². The van der Waals surface area contributed by atoms with Crippen LogP contribution >= 0.6 is 0 Å². The van der Waals surface area contributed by atoms with Gasteiger partial charge in [0.05, 0.1) is 24.9 Å². The molecule has 1 aliphatic rings. The highest BCUT2D eigenvalue weighted by Crippen LogP contribution is 2.37. The van der Waals surface area contributed by atoms with Crippen LogP contribution in [-0.2, 0) is 9.53 Å². The van der Waals surface area contributed by atoms with Gasteiger partial charge in [0.25, 0.3) is 0 Å². The van der Waals surface area contributed by atoms with Gasteiger partial charge >= 0.3 is 0 Å². The molecule has 6 nitrogen and oxygen atoms in total. The van der Waals surface area contributed by atoms with E-state index in [-0.39, 0.29) is 11.9 Å². The third kappa shape index (κ3) is 4.11. The molecule has 1 amide bonds. The summed E-state index contributed by atoms with van der Waals surface area (Å²) in [4.78, 5) is 23.2. The zero-order valence-electron chi connectivity index (χ0n) is 18.2. The highest BCUT2D eigenvalue weighted by atomic mass is 16.5. The van der Waals surface area contributed by atoms with Crippen molar-refractivity contribution in [1.82, 2.24) is 14.9 Å². The van der Waals surface area contributed by atoms with E-state index < -0.39 is 5.41 Å². The highest BCUT2D eigenvalue weighted by Gasteiger charge is 2.29. The molecular formula is C24H30N4O2. The number of benzene rings is 1. The van der Waals surface area contributed by atoms with Crippen LogP contribution in [0.25, 0.3) is 10.9 Å². The molecule has 0 bridgehead atoms. The van der Waals surface area contributed by atoms with Crippen molar-refractivity contribution < 1.29 is 9.53 Å². The summed E-state index contributed by atoms with van der Waals surface area (Å²) >= 11 is 0. The lowest BCUT2D eigenvalue weighted by Crippen LogP contribution is -2.40. The van der Waals surface area contributed by atoms with Gasteiger partial charge < -0.3 is 15.0 Å². The summed E-state index contributed by atoms with van der Waals surface area (Å²) in [6.07, 6.45) is 1.85. The first-order chi connectivity index (χ1) is 14.3. The van der Waals surface area contributed by atoms with Crippen molar-refractivity contribution in [3.8, 4) is 0 Å². The van der Waals surface area contributed by atoms with Gasteiger partial charge in [-0.15, -0.1) is 0 Å². The molecule has 4 rings (SSSR count). The van der Waals surface area contributed by atoms with Gasteiger partial charge in [-0.2, -0.15) is 0 Å². The molecule has 1 unspecified atom stereocenters. The van der Waals surface area contributed by atoms with Crippen molar-refractivity contribution in [3.63, 3.8) is 0 Å². The number of pyridine rings is 1. The van der Waals surface area contributed by atoms with Crippen LogP contribution in [0.1, 0.15) is 43.8 Å². The maximum atomic E-state index is 12.5. The molecule has 0 spiro atoms. The predicted octanol–water partition coefficient (Wildman–Crippen LogP) is 4.28. The summed E-state index contributed by atoms with van der Waals surface area (Å²) < 4.78 is 5.60. The topological polar surface area (TPSA) is 70.2 Å². The number of aryl methyl sites for hydroxylation is 1. The fourth-order valence-electron chi connectivity index (χ4n) is 3.99. The van der Waals surface area contributed by atoms with Gasteiger partial charge in [-0.3, -0.25) is 14.7 Å². The molecule has 30 heavy (non-hydrogen) atoms. The normalized spacial score (nSPS) is 16.5. The highest BCUT2D eigenvalue weighted by molar-refractivity contribution is 5.97. The number of H-pyrrole nitrogens is 1. The first-order valence-corrected chi connectivity index (χ1v) is 10.5. The third-order valence-corrected chi connectivity index (χ3v) is 5.63. The van der Waals surface area contributed by atoms with Gasteiger partial charge in [-0.1, -0.05) is 26.8 Å². The molecule has 0 aliphatic carbocycles. The van der Waals surface area contributed by atoms with Crippen molar-refractivity contribution in [2.45, 2.75) is 33.7 Å². The second-order valence-corrected chi connectivity index (χ2v) is 8.93. The number of ether oxygens (including phenoxy) is 1. The first-order valence-electron chi connectivity index (χ1n) is 10.5. The number of hydrogen-bond donors (Lipinski definition) is 2. The number of amides is 1. The van der Waals surface area contributed by atoms with Crippen molar-refractivity contribution in [2.24, 2.45) is 5.41 Å². The summed E-state index contributed by atoms with van der Waals surface area (Å²) in [5, 5.41) is 4.18. The third-order valence-electron chi connectivity index (χ3n) is 5.63. The van der Waals surface area contributed by atoms with E-state index in [1.165, 1.54) is 5.56 Å². The molecule has 2 aromatic heterocycles. The number of rotatable bonds is 4. The number of nitrogens with one attached hydrogen (secondary N) is 2. The summed E-state index contributed by atoms with van der Waals surface area (Å²) in [5.41, 5.74) is 4.77. The Morgan fingerprint density at radius 3 is 2.63 bits per heavy atom. The van der Waals surface area contributed by atoms with Crippen molar-refractivity contribution in [3.05, 3.63) is 59.5 Å². The Morgan fingerprint density at radius 2 is 1.97 bits per heavy atom. The lowest BCUT2D eigenvalue weighted by molar-refractivity contribution is -0.123. The average molecular weight is 407 g/mol. The summed E-state index contributed by atoms with van der Waals surface area (Å²) in [6, 6.07) is 12.2. The lowest BCUT2D eigenvalue weighted by Gasteiger charge is -2.34. The minimum Gasteiger partial charge on any atom is -0.379 e. The Bertz CT molecular complexity index is 1030. The first kappa shape index (κ1) is 20.6. The van der Waals surface area contributed by atoms with E-state index in [2.05, 4.69) is 34.3 Å². The maximum absolute atomic E-state index is 12.5. The number of anilines is 1. The van der Waals surface area contributed by atoms with E-state index in [9.17, 15) is 4.79 Å². The molecule has 1 saturated heterocycles. The van der Waals surface area contributed by atoms with E-state index in [0.717, 1.165) is 54.3 Å². The standard InChI is InChI=1S/C24H30N4O2/c1-16-21(22(20-7-5-6-10-25-20)28-11-13-30-14-12-28)18-15-17(8-9-19(18)26-16)27-23(29)24(2,3)4/h5-10,15,22,26H,11-14H2,1-4H3,(H,27,29). The molecule has 1 atom stereocenters. The van der Waals surface area contributed by atoms with Gasteiger partial charge in [0.2, 0.25) is 5.91 Å². The SMILES string of the molecule is Cc1[nH]c2ccc(NC(=O)C(C)(C)C)cc2c1C(c1ccccn1)N1CCOCC1. The number of morpholine rings is 1. The molecular weight excluding hydrogens is 376 g/mol. The number of carbonyl (C=O) groups excluding carboxylic acids is 1. The molecule has 1 aliphatic heterocycles. The van der Waals surface area contributed by atoms with Gasteiger partial charge in [0.15, 0.2) is 0 Å². The quantitative estimate of drug-likeness (QED) is 0.679. The number of aromatic nitrogens is 2. The lowest BCUT2D eigenvalue weighted by atomic mass is 9.95. The van der Waals surface area contributed by atoms with Crippen LogP contribution in [0.2, 0.25) is 0 Å². The monoisotopic (exact) mass is 406 g/mol. The Labute approximate surface area is 177 Å². The van der Waals surface area contributed by atoms with E-state index >= 15 is 0 Å². The van der Waals surface area contributed by atoms with Crippen LogP contribution < -0.4 is 5.32 Å². The van der Waals surface area contributed by atoms with Gasteiger partial charge in [-0.05, 0) is 37.3 Å². The van der Waals surface area contributed by atoms with Crippen LogP contribution in [-0.4, -0.2) is 47.1 Å². The van der Waals surface area contributed by atoms with Crippen molar-refractivity contribution in [1.29, 1.82) is 0 Å². The van der Waals surface area contributed by atoms with E-state index in [0.29, 0.717) is 0 Å². The van der Waals surface area contributed by atoms with Crippen LogP contribution in [0.15, 0.2) is 42.6 Å². The summed E-state index contributed by atoms with van der Waals surface area (Å²) in [7, 11) is 0. The average Bonchev–Trinajstić information content (AvgIpc) is 3.05. The number of hydrogen-bond acceptors (Lipinski definition) is 4. The minimum atomic E-state index is -0.448. The predicted molar refractivity (Wildman–Crippen MR) is 120 cm³/mol. The fourth-order valence-corrected chi connectivity index (χ4v) is 3.99. The van der Waals surface area contributed by atoms with Crippen molar-refractivity contribution in [2.75, 3.05) is 31.6 Å². The molecule has 3 heterocycles. The van der Waals surface area contributed by atoms with Crippen LogP contribution in [0.5, 0.6) is 0 Å². The van der Waals surface area contributed by atoms with Gasteiger partial charge in [0, 0.05) is 52.5 Å². The zero-order valence-corrected chi connectivity index (χ0v) is 18.2. The second kappa shape index (κ2) is 8.20. The molecule has 0 radical (unpaired) electrons. The molecule has 1 aromatic carbocycles. The molecule has 1 fully saturated rings. The number of carbonyl (C=O) groups is 1. The molecule has 2 N–H and O–H groups in total. The van der Waals surface area contributed by atoms with Gasteiger partial charge in [-0.25, -0.2) is 0 Å². The second-order valence-electron chi connectivity index (χ2n) is 8.93. The Kier molecular flexibility index (Phi) is 5.62. The smallest absolute Gasteiger partial charge is 0.229 e. The number of aromatic amines is 1. The van der Waals surface area contributed by atoms with E-state index in [4.69, 9.17) is 9.72 Å². The fraction of sp³-hybridized carbons (Fsp3) is 0.417.